The van der Waals surface area contributed by atoms with E-state index in [1.54, 1.807) is 30.6 Å². The number of hydrogen-bond acceptors (Lipinski definition) is 5. The van der Waals surface area contributed by atoms with Crippen molar-refractivity contribution in [2.75, 3.05) is 38.6 Å². The van der Waals surface area contributed by atoms with Gasteiger partial charge in [0.1, 0.15) is 5.82 Å². The van der Waals surface area contributed by atoms with E-state index in [1.807, 2.05) is 0 Å². The second kappa shape index (κ2) is 6.81. The van der Waals surface area contributed by atoms with E-state index in [-0.39, 0.29) is 17.7 Å². The topological polar surface area (TPSA) is 69.6 Å². The molecule has 144 valence electrons. The van der Waals surface area contributed by atoms with Gasteiger partial charge in [-0.15, -0.1) is 0 Å². The second-order valence-electron chi connectivity index (χ2n) is 7.24. The molecule has 0 aliphatic carbocycles. The van der Waals surface area contributed by atoms with Gasteiger partial charge in [0.05, 0.1) is 6.04 Å². The van der Waals surface area contributed by atoms with Crippen molar-refractivity contribution in [3.63, 3.8) is 0 Å². The molecule has 1 aromatic heterocycles. The Morgan fingerprint density at radius 1 is 1.11 bits per heavy atom. The zero-order valence-electron chi connectivity index (χ0n) is 15.2. The first-order chi connectivity index (χ1) is 12.9. The zero-order valence-corrected chi connectivity index (χ0v) is 16.1. The summed E-state index contributed by atoms with van der Waals surface area (Å²) in [5.74, 6) is 0.466. The van der Waals surface area contributed by atoms with Gasteiger partial charge in [0, 0.05) is 52.0 Å². The van der Waals surface area contributed by atoms with Crippen molar-refractivity contribution in [3.8, 4) is 0 Å². The number of fused-ring (bicyclic) bond motifs is 1. The first-order valence-corrected chi connectivity index (χ1v) is 10.2. The highest BCUT2D eigenvalue weighted by Gasteiger charge is 2.52. The van der Waals surface area contributed by atoms with Gasteiger partial charge in [0.25, 0.3) is 10.2 Å². The fraction of sp³-hybridized carbons (Fsp3) is 0.444. The summed E-state index contributed by atoms with van der Waals surface area (Å²) in [6, 6.07) is 7.60. The molecule has 3 heterocycles. The van der Waals surface area contributed by atoms with E-state index >= 15 is 0 Å². The van der Waals surface area contributed by atoms with E-state index in [0.29, 0.717) is 31.1 Å². The highest BCUT2D eigenvalue weighted by atomic mass is 32.2. The van der Waals surface area contributed by atoms with Crippen molar-refractivity contribution in [2.45, 2.75) is 6.04 Å². The third-order valence-corrected chi connectivity index (χ3v) is 7.30. The van der Waals surface area contributed by atoms with E-state index in [0.717, 1.165) is 0 Å². The lowest BCUT2D eigenvalue weighted by molar-refractivity contribution is 0.326. The van der Waals surface area contributed by atoms with E-state index in [1.165, 1.54) is 34.8 Å². The van der Waals surface area contributed by atoms with Crippen LogP contribution < -0.4 is 4.90 Å². The summed E-state index contributed by atoms with van der Waals surface area (Å²) in [5.41, 5.74) is 0.684. The molecule has 0 spiro atoms. The predicted octanol–water partition coefficient (Wildman–Crippen LogP) is 1.53. The van der Waals surface area contributed by atoms with Crippen LogP contribution >= 0.6 is 0 Å². The van der Waals surface area contributed by atoms with Gasteiger partial charge in [0.2, 0.25) is 5.95 Å². The number of anilines is 1. The van der Waals surface area contributed by atoms with Crippen LogP contribution in [0.1, 0.15) is 11.6 Å². The summed E-state index contributed by atoms with van der Waals surface area (Å²) in [7, 11) is -0.569. The molecule has 4 rings (SSSR count). The Morgan fingerprint density at radius 3 is 2.52 bits per heavy atom. The average Bonchev–Trinajstić information content (AvgIpc) is 3.20. The number of hydrogen-bond donors (Lipinski definition) is 0. The van der Waals surface area contributed by atoms with Crippen molar-refractivity contribution in [2.24, 2.45) is 11.8 Å². The standard InChI is InChI=1S/C18H22FN5O2S/c1-22(2)27(25,26)24-11-14-10-23(18-20-7-4-8-21-18)12-16(14)17(24)13-5-3-6-15(19)9-13/h3-9,14,16-17H,10-12H2,1-2H3/t14-,16-,17-/m0/s1. The molecule has 0 amide bonds. The molecule has 9 heteroatoms. The maximum atomic E-state index is 13.9. The molecule has 2 aliphatic rings. The van der Waals surface area contributed by atoms with Gasteiger partial charge >= 0.3 is 0 Å². The number of aromatic nitrogens is 2. The van der Waals surface area contributed by atoms with E-state index in [2.05, 4.69) is 14.9 Å². The predicted molar refractivity (Wildman–Crippen MR) is 99.7 cm³/mol. The Balaban J connectivity index is 1.70. The van der Waals surface area contributed by atoms with Gasteiger partial charge in [-0.25, -0.2) is 14.4 Å². The number of nitrogens with zero attached hydrogens (tertiary/aromatic N) is 5. The Hall–Kier alpha value is -2.10. The van der Waals surface area contributed by atoms with Gasteiger partial charge < -0.3 is 4.90 Å². The molecule has 27 heavy (non-hydrogen) atoms. The van der Waals surface area contributed by atoms with Crippen LogP contribution in [0.25, 0.3) is 0 Å². The first-order valence-electron chi connectivity index (χ1n) is 8.84. The Kier molecular flexibility index (Phi) is 4.61. The van der Waals surface area contributed by atoms with E-state index < -0.39 is 16.3 Å². The summed E-state index contributed by atoms with van der Waals surface area (Å²) in [6.45, 7) is 1.71. The SMILES string of the molecule is CN(C)S(=O)(=O)N1C[C@@H]2CN(c3ncccn3)C[C@@H]2[C@@H]1c1cccc(F)c1. The van der Waals surface area contributed by atoms with Crippen molar-refractivity contribution >= 4 is 16.2 Å². The minimum Gasteiger partial charge on any atom is -0.340 e. The molecule has 0 saturated carbocycles. The monoisotopic (exact) mass is 391 g/mol. The number of benzene rings is 1. The van der Waals surface area contributed by atoms with Gasteiger partial charge in [-0.2, -0.15) is 17.0 Å². The highest BCUT2D eigenvalue weighted by molar-refractivity contribution is 7.86. The maximum absolute atomic E-state index is 13.9. The lowest BCUT2D eigenvalue weighted by atomic mass is 9.90. The van der Waals surface area contributed by atoms with Crippen LogP contribution in [0.15, 0.2) is 42.7 Å². The Morgan fingerprint density at radius 2 is 1.85 bits per heavy atom. The molecule has 2 fully saturated rings. The molecule has 2 aromatic rings. The van der Waals surface area contributed by atoms with Crippen molar-refractivity contribution in [1.82, 2.24) is 18.6 Å². The summed E-state index contributed by atoms with van der Waals surface area (Å²) >= 11 is 0. The van der Waals surface area contributed by atoms with Crippen molar-refractivity contribution in [3.05, 3.63) is 54.1 Å². The minimum absolute atomic E-state index is 0.0466. The van der Waals surface area contributed by atoms with E-state index in [4.69, 9.17) is 0 Å². The molecule has 0 N–H and O–H groups in total. The normalized spacial score (nSPS) is 25.9. The Labute approximate surface area is 158 Å². The molecule has 0 bridgehead atoms. The summed E-state index contributed by atoms with van der Waals surface area (Å²) in [6.07, 6.45) is 3.40. The van der Waals surface area contributed by atoms with Crippen molar-refractivity contribution in [1.29, 1.82) is 0 Å². The van der Waals surface area contributed by atoms with Crippen LogP contribution in [0.4, 0.5) is 10.3 Å². The van der Waals surface area contributed by atoms with Crippen LogP contribution in [0, 0.1) is 17.7 Å². The molecular weight excluding hydrogens is 369 g/mol. The first kappa shape index (κ1) is 18.3. The van der Waals surface area contributed by atoms with Crippen LogP contribution in [-0.4, -0.2) is 60.7 Å². The fourth-order valence-electron chi connectivity index (χ4n) is 4.17. The molecular formula is C18H22FN5O2S. The second-order valence-corrected chi connectivity index (χ2v) is 9.33. The molecule has 1 aromatic carbocycles. The smallest absolute Gasteiger partial charge is 0.282 e. The zero-order chi connectivity index (χ0) is 19.2. The number of halogens is 1. The van der Waals surface area contributed by atoms with Gasteiger partial charge in [0.15, 0.2) is 0 Å². The number of rotatable bonds is 4. The highest BCUT2D eigenvalue weighted by Crippen LogP contribution is 2.47. The van der Waals surface area contributed by atoms with Gasteiger partial charge in [-0.05, 0) is 29.7 Å². The average molecular weight is 391 g/mol. The third-order valence-electron chi connectivity index (χ3n) is 5.40. The molecule has 2 aliphatic heterocycles. The van der Waals surface area contributed by atoms with Crippen LogP contribution in [0.5, 0.6) is 0 Å². The van der Waals surface area contributed by atoms with Crippen molar-refractivity contribution < 1.29 is 12.8 Å². The van der Waals surface area contributed by atoms with E-state index in [9.17, 15) is 12.8 Å². The molecule has 2 saturated heterocycles. The fourth-order valence-corrected chi connectivity index (χ4v) is 5.54. The maximum Gasteiger partial charge on any atom is 0.282 e. The summed E-state index contributed by atoms with van der Waals surface area (Å²) in [5, 5.41) is 0. The van der Waals surface area contributed by atoms with Gasteiger partial charge in [-0.3, -0.25) is 0 Å². The largest absolute Gasteiger partial charge is 0.340 e. The van der Waals surface area contributed by atoms with Gasteiger partial charge in [-0.1, -0.05) is 12.1 Å². The van der Waals surface area contributed by atoms with Crippen LogP contribution in [-0.2, 0) is 10.2 Å². The summed E-state index contributed by atoms with van der Waals surface area (Å²) in [4.78, 5) is 10.7. The quantitative estimate of drug-likeness (QED) is 0.791. The third kappa shape index (κ3) is 3.19. The van der Waals surface area contributed by atoms with Crippen LogP contribution in [0.3, 0.4) is 0 Å². The molecule has 3 atom stereocenters. The van der Waals surface area contributed by atoms with Crippen LogP contribution in [0.2, 0.25) is 0 Å². The summed E-state index contributed by atoms with van der Waals surface area (Å²) < 4.78 is 42.4. The Bertz CT molecular complexity index is 924. The molecule has 0 radical (unpaired) electrons. The minimum atomic E-state index is -3.62. The lowest BCUT2D eigenvalue weighted by Crippen LogP contribution is -2.42. The molecule has 7 nitrogen and oxygen atoms in total. The molecule has 0 unspecified atom stereocenters. The lowest BCUT2D eigenvalue weighted by Gasteiger charge is -2.31.